The Labute approximate surface area is 88.2 Å². The number of rotatable bonds is 6. The Bertz CT molecular complexity index is 194. The summed E-state index contributed by atoms with van der Waals surface area (Å²) < 4.78 is 27.9. The lowest BCUT2D eigenvalue weighted by atomic mass is 10.2. The van der Waals surface area contributed by atoms with Crippen LogP contribution < -0.4 is 5.32 Å². The van der Waals surface area contributed by atoms with Crippen molar-refractivity contribution in [3.63, 3.8) is 0 Å². The molecule has 0 unspecified atom stereocenters. The summed E-state index contributed by atoms with van der Waals surface area (Å²) in [5.41, 5.74) is 0. The van der Waals surface area contributed by atoms with E-state index in [4.69, 9.17) is 0 Å². The third-order valence-electron chi connectivity index (χ3n) is 2.44. The van der Waals surface area contributed by atoms with Crippen molar-refractivity contribution in [3.05, 3.63) is 0 Å². The topological polar surface area (TPSA) is 38.3 Å². The van der Waals surface area contributed by atoms with Gasteiger partial charge >= 0.3 is 0 Å². The molecule has 0 radical (unpaired) electrons. The van der Waals surface area contributed by atoms with E-state index in [-0.39, 0.29) is 25.0 Å². The predicted octanol–water partition coefficient (Wildman–Crippen LogP) is 1.72. The predicted molar refractivity (Wildman–Crippen MR) is 51.8 cm³/mol. The van der Waals surface area contributed by atoms with E-state index in [1.54, 1.807) is 0 Å². The molecule has 0 aromatic heterocycles. The van der Waals surface area contributed by atoms with Crippen LogP contribution in [0.2, 0.25) is 0 Å². The summed E-state index contributed by atoms with van der Waals surface area (Å²) in [5.74, 6) is -0.101. The largest absolute Gasteiger partial charge is 0.375 e. The molecule has 0 atom stereocenters. The quantitative estimate of drug-likeness (QED) is 0.693. The molecule has 5 heteroatoms. The summed E-state index contributed by atoms with van der Waals surface area (Å²) in [4.78, 5) is 11.3. The number of alkyl halides is 2. The van der Waals surface area contributed by atoms with Gasteiger partial charge in [-0.25, -0.2) is 8.78 Å². The molecule has 0 aromatic carbocycles. The highest BCUT2D eigenvalue weighted by Gasteiger charge is 2.16. The van der Waals surface area contributed by atoms with Crippen molar-refractivity contribution in [1.29, 1.82) is 0 Å². The SMILES string of the molecule is O=C(CCOCC(F)F)NC1CCCC1. The molecule has 1 rings (SSSR count). The van der Waals surface area contributed by atoms with Crippen molar-refractivity contribution in [1.82, 2.24) is 5.32 Å². The van der Waals surface area contributed by atoms with Gasteiger partial charge in [-0.2, -0.15) is 0 Å². The summed E-state index contributed by atoms with van der Waals surface area (Å²) in [6.07, 6.45) is 2.10. The van der Waals surface area contributed by atoms with Gasteiger partial charge in [0.2, 0.25) is 5.91 Å². The van der Waals surface area contributed by atoms with Crippen LogP contribution in [0.5, 0.6) is 0 Å². The molecule has 0 bridgehead atoms. The van der Waals surface area contributed by atoms with Crippen molar-refractivity contribution in [2.75, 3.05) is 13.2 Å². The number of carbonyl (C=O) groups is 1. The van der Waals surface area contributed by atoms with Crippen LogP contribution in [0.15, 0.2) is 0 Å². The number of amides is 1. The minimum absolute atomic E-state index is 0.0723. The molecule has 0 aliphatic heterocycles. The maximum absolute atomic E-state index is 11.7. The zero-order chi connectivity index (χ0) is 11.1. The van der Waals surface area contributed by atoms with E-state index in [1.807, 2.05) is 0 Å². The summed E-state index contributed by atoms with van der Waals surface area (Å²) >= 11 is 0. The number of hydrogen-bond acceptors (Lipinski definition) is 2. The number of ether oxygens (including phenoxy) is 1. The molecule has 15 heavy (non-hydrogen) atoms. The van der Waals surface area contributed by atoms with Gasteiger partial charge in [0.15, 0.2) is 0 Å². The molecule has 0 spiro atoms. The standard InChI is InChI=1S/C10H17F2NO2/c11-9(12)7-15-6-5-10(14)13-8-3-1-2-4-8/h8-9H,1-7H2,(H,13,14). The van der Waals surface area contributed by atoms with Crippen molar-refractivity contribution in [2.45, 2.75) is 44.6 Å². The fourth-order valence-electron chi connectivity index (χ4n) is 1.71. The van der Waals surface area contributed by atoms with Gasteiger partial charge in [0.25, 0.3) is 6.43 Å². The molecule has 0 aromatic rings. The molecule has 0 heterocycles. The molecular weight excluding hydrogens is 204 g/mol. The van der Waals surface area contributed by atoms with E-state index in [0.717, 1.165) is 25.7 Å². The van der Waals surface area contributed by atoms with Crippen LogP contribution in [0.4, 0.5) is 8.78 Å². The third-order valence-corrected chi connectivity index (χ3v) is 2.44. The Morgan fingerprint density at radius 1 is 1.40 bits per heavy atom. The second-order valence-electron chi connectivity index (χ2n) is 3.76. The molecule has 88 valence electrons. The Balaban J connectivity index is 1.98. The average molecular weight is 221 g/mol. The lowest BCUT2D eigenvalue weighted by Gasteiger charge is -2.11. The number of carbonyl (C=O) groups excluding carboxylic acids is 1. The fourth-order valence-corrected chi connectivity index (χ4v) is 1.71. The van der Waals surface area contributed by atoms with Crippen molar-refractivity contribution in [2.24, 2.45) is 0 Å². The van der Waals surface area contributed by atoms with Gasteiger partial charge in [-0.3, -0.25) is 4.79 Å². The molecule has 1 saturated carbocycles. The van der Waals surface area contributed by atoms with Crippen LogP contribution in [0, 0.1) is 0 Å². The first-order chi connectivity index (χ1) is 7.18. The molecule has 1 amide bonds. The second-order valence-corrected chi connectivity index (χ2v) is 3.76. The first-order valence-electron chi connectivity index (χ1n) is 5.33. The highest BCUT2D eigenvalue weighted by Crippen LogP contribution is 2.17. The zero-order valence-electron chi connectivity index (χ0n) is 8.68. The Kier molecular flexibility index (Phi) is 5.53. The highest BCUT2D eigenvalue weighted by atomic mass is 19.3. The van der Waals surface area contributed by atoms with E-state index in [2.05, 4.69) is 10.1 Å². The van der Waals surface area contributed by atoms with E-state index in [9.17, 15) is 13.6 Å². The molecule has 1 aliphatic rings. The number of hydrogen-bond donors (Lipinski definition) is 1. The van der Waals surface area contributed by atoms with Gasteiger partial charge in [-0.15, -0.1) is 0 Å². The smallest absolute Gasteiger partial charge is 0.261 e. The number of nitrogens with one attached hydrogen (secondary N) is 1. The van der Waals surface area contributed by atoms with Crippen molar-refractivity contribution < 1.29 is 18.3 Å². The van der Waals surface area contributed by atoms with Crippen LogP contribution >= 0.6 is 0 Å². The molecule has 3 nitrogen and oxygen atoms in total. The Hall–Kier alpha value is -0.710. The zero-order valence-corrected chi connectivity index (χ0v) is 8.68. The van der Waals surface area contributed by atoms with Crippen LogP contribution in [0.3, 0.4) is 0 Å². The Morgan fingerprint density at radius 2 is 2.07 bits per heavy atom. The summed E-state index contributed by atoms with van der Waals surface area (Å²) in [7, 11) is 0. The lowest BCUT2D eigenvalue weighted by Crippen LogP contribution is -2.33. The molecule has 0 saturated heterocycles. The van der Waals surface area contributed by atoms with Crippen LogP contribution in [0.25, 0.3) is 0 Å². The van der Waals surface area contributed by atoms with Gasteiger partial charge in [0.05, 0.1) is 6.61 Å². The Morgan fingerprint density at radius 3 is 2.67 bits per heavy atom. The van der Waals surface area contributed by atoms with Gasteiger partial charge in [-0.05, 0) is 12.8 Å². The van der Waals surface area contributed by atoms with Crippen LogP contribution in [0.1, 0.15) is 32.1 Å². The maximum Gasteiger partial charge on any atom is 0.261 e. The summed E-state index contributed by atoms with van der Waals surface area (Å²) in [6.45, 7) is -0.514. The monoisotopic (exact) mass is 221 g/mol. The van der Waals surface area contributed by atoms with Crippen molar-refractivity contribution in [3.8, 4) is 0 Å². The normalized spacial score (nSPS) is 17.3. The summed E-state index contributed by atoms with van der Waals surface area (Å²) in [6, 6.07) is 0.285. The average Bonchev–Trinajstić information content (AvgIpc) is 2.64. The van der Waals surface area contributed by atoms with Gasteiger partial charge < -0.3 is 10.1 Å². The van der Waals surface area contributed by atoms with E-state index >= 15 is 0 Å². The van der Waals surface area contributed by atoms with Crippen molar-refractivity contribution >= 4 is 5.91 Å². The second kappa shape index (κ2) is 6.71. The highest BCUT2D eigenvalue weighted by molar-refractivity contribution is 5.76. The fraction of sp³-hybridized carbons (Fsp3) is 0.900. The van der Waals surface area contributed by atoms with E-state index in [1.165, 1.54) is 0 Å². The first kappa shape index (κ1) is 12.4. The van der Waals surface area contributed by atoms with Gasteiger partial charge in [0, 0.05) is 12.5 Å². The van der Waals surface area contributed by atoms with Crippen LogP contribution in [-0.2, 0) is 9.53 Å². The van der Waals surface area contributed by atoms with Gasteiger partial charge in [0.1, 0.15) is 6.61 Å². The van der Waals surface area contributed by atoms with E-state index in [0.29, 0.717) is 0 Å². The van der Waals surface area contributed by atoms with Gasteiger partial charge in [-0.1, -0.05) is 12.8 Å². The van der Waals surface area contributed by atoms with E-state index < -0.39 is 13.0 Å². The maximum atomic E-state index is 11.7. The summed E-state index contributed by atoms with van der Waals surface area (Å²) in [5, 5.41) is 2.86. The minimum atomic E-state index is -2.46. The lowest BCUT2D eigenvalue weighted by molar-refractivity contribution is -0.123. The molecule has 1 aliphatic carbocycles. The first-order valence-corrected chi connectivity index (χ1v) is 5.33. The van der Waals surface area contributed by atoms with Crippen LogP contribution in [-0.4, -0.2) is 31.6 Å². The molecular formula is C10H17F2NO2. The molecule has 1 N–H and O–H groups in total. The number of halogens is 2. The third kappa shape index (κ3) is 5.67. The minimum Gasteiger partial charge on any atom is -0.375 e. The molecule has 1 fully saturated rings.